The van der Waals surface area contributed by atoms with E-state index in [1.165, 1.54) is 97.9 Å². The quantitative estimate of drug-likeness (QED) is 0.211. The molecule has 3 heterocycles. The Kier molecular flexibility index (Phi) is 10.6. The van der Waals surface area contributed by atoms with Crippen LogP contribution in [0.3, 0.4) is 0 Å². The van der Waals surface area contributed by atoms with Crippen LogP contribution in [0, 0.1) is 6.92 Å². The number of hydrogen-bond acceptors (Lipinski definition) is 4. The molecule has 0 amide bonds. The number of hydrogen-bond donors (Lipinski definition) is 0. The van der Waals surface area contributed by atoms with Crippen LogP contribution >= 0.6 is 0 Å². The van der Waals surface area contributed by atoms with E-state index in [4.69, 9.17) is 0 Å². The van der Waals surface area contributed by atoms with Gasteiger partial charge in [-0.15, -0.1) is 0 Å². The van der Waals surface area contributed by atoms with Gasteiger partial charge in [0, 0.05) is 61.8 Å². The third-order valence-corrected chi connectivity index (χ3v) is 8.38. The van der Waals surface area contributed by atoms with E-state index >= 15 is 0 Å². The summed E-state index contributed by atoms with van der Waals surface area (Å²) in [7, 11) is 0. The molecule has 0 radical (unpaired) electrons. The molecule has 0 unspecified atom stereocenters. The number of rotatable bonds is 8. The first-order valence-corrected chi connectivity index (χ1v) is 15.9. The zero-order chi connectivity index (χ0) is 30.7. The summed E-state index contributed by atoms with van der Waals surface area (Å²) in [5, 5.41) is 10.2. The zero-order valence-electron chi connectivity index (χ0n) is 26.0. The van der Waals surface area contributed by atoms with Crippen molar-refractivity contribution in [1.82, 2.24) is 0 Å². The number of carboxylic acids is 1. The van der Waals surface area contributed by atoms with Crippen LogP contribution < -0.4 is 19.5 Å². The van der Waals surface area contributed by atoms with Crippen LogP contribution in [-0.4, -0.2) is 32.1 Å². The van der Waals surface area contributed by atoms with Gasteiger partial charge in [0.1, 0.15) is 6.54 Å². The van der Waals surface area contributed by atoms with Crippen LogP contribution in [0.1, 0.15) is 71.0 Å². The van der Waals surface area contributed by atoms with Crippen molar-refractivity contribution in [3.05, 3.63) is 125 Å². The zero-order valence-corrected chi connectivity index (χ0v) is 26.0. The highest BCUT2D eigenvalue weighted by Crippen LogP contribution is 2.22. The summed E-state index contributed by atoms with van der Waals surface area (Å²) in [4.78, 5) is 15.2. The fraction of sp³-hybridized carbons (Fsp3) is 0.282. The number of nitrogens with zero attached hydrogens (tertiary/aromatic N) is 3. The summed E-state index contributed by atoms with van der Waals surface area (Å²) in [5.41, 5.74) is 8.89. The van der Waals surface area contributed by atoms with Crippen LogP contribution in [0.25, 0.3) is 24.3 Å². The number of carbonyl (C=O) groups is 1. The average Bonchev–Trinajstić information content (AvgIpc) is 3.80. The molecule has 2 fully saturated rings. The third kappa shape index (κ3) is 8.25. The highest BCUT2D eigenvalue weighted by atomic mass is 16.4. The monoisotopic (exact) mass is 585 g/mol. The summed E-state index contributed by atoms with van der Waals surface area (Å²) in [6.07, 6.45) is 14.2. The molecule has 44 heavy (non-hydrogen) atoms. The van der Waals surface area contributed by atoms with Gasteiger partial charge in [-0.25, -0.2) is 0 Å². The Balaban J connectivity index is 0.000000328. The molecule has 1 aromatic heterocycles. The van der Waals surface area contributed by atoms with E-state index in [1.54, 1.807) is 12.1 Å². The Hall–Kier alpha value is -4.64. The van der Waals surface area contributed by atoms with Crippen molar-refractivity contribution < 1.29 is 14.5 Å². The van der Waals surface area contributed by atoms with Crippen molar-refractivity contribution in [2.24, 2.45) is 0 Å². The van der Waals surface area contributed by atoms with E-state index in [9.17, 15) is 9.90 Å². The van der Waals surface area contributed by atoms with Crippen LogP contribution in [0.4, 0.5) is 11.4 Å². The smallest absolute Gasteiger partial charge is 0.205 e. The predicted octanol–water partition coefficient (Wildman–Crippen LogP) is 6.89. The molecular weight excluding hydrogens is 542 g/mol. The van der Waals surface area contributed by atoms with Crippen LogP contribution in [0.5, 0.6) is 0 Å². The maximum atomic E-state index is 10.2. The van der Waals surface area contributed by atoms with Crippen molar-refractivity contribution in [3.63, 3.8) is 0 Å². The number of pyridine rings is 1. The first-order valence-electron chi connectivity index (χ1n) is 15.9. The van der Waals surface area contributed by atoms with Crippen LogP contribution in [0.15, 0.2) is 91.0 Å². The lowest BCUT2D eigenvalue weighted by molar-refractivity contribution is -0.696. The topological polar surface area (TPSA) is 50.5 Å². The van der Waals surface area contributed by atoms with E-state index in [2.05, 4.69) is 112 Å². The second-order valence-electron chi connectivity index (χ2n) is 11.5. The van der Waals surface area contributed by atoms with E-state index in [0.717, 1.165) is 12.1 Å². The van der Waals surface area contributed by atoms with Crippen LogP contribution in [-0.2, 0) is 6.54 Å². The molecule has 5 nitrogen and oxygen atoms in total. The Labute approximate surface area is 262 Å². The van der Waals surface area contributed by atoms with Gasteiger partial charge in [-0.1, -0.05) is 54.1 Å². The van der Waals surface area contributed by atoms with Crippen molar-refractivity contribution in [2.75, 3.05) is 36.0 Å². The lowest BCUT2D eigenvalue weighted by Gasteiger charge is -2.17. The molecule has 0 bridgehead atoms. The van der Waals surface area contributed by atoms with Crippen molar-refractivity contribution in [3.8, 4) is 0 Å². The van der Waals surface area contributed by atoms with Gasteiger partial charge in [0.05, 0.1) is 5.97 Å². The molecular formula is C39H43N3O2. The third-order valence-electron chi connectivity index (χ3n) is 8.38. The molecule has 5 heteroatoms. The number of aryl methyl sites for hydroxylation is 1. The molecule has 0 aliphatic carbocycles. The highest BCUT2D eigenvalue weighted by Gasteiger charge is 2.13. The summed E-state index contributed by atoms with van der Waals surface area (Å²) in [6, 6.07) is 31.0. The van der Waals surface area contributed by atoms with Crippen molar-refractivity contribution in [1.29, 1.82) is 0 Å². The first-order chi connectivity index (χ1) is 21.5. The minimum absolute atomic E-state index is 0.227. The summed E-state index contributed by atoms with van der Waals surface area (Å²) < 4.78 is 2.37. The van der Waals surface area contributed by atoms with Gasteiger partial charge in [0.15, 0.2) is 0 Å². The number of benzene rings is 3. The van der Waals surface area contributed by atoms with E-state index in [0.29, 0.717) is 0 Å². The number of carbonyl (C=O) groups excluding carboxylic acids is 1. The van der Waals surface area contributed by atoms with Gasteiger partial charge in [-0.3, -0.25) is 0 Å². The Morgan fingerprint density at radius 1 is 0.659 bits per heavy atom. The minimum atomic E-state index is -1.12. The standard InChI is InChI=1S/C31H36N3.C8H8O2/c1-2-34-30(20-14-26-10-16-28(17-11-26)32-22-3-4-23-32)8-7-9-31(34)21-15-27-12-18-29(19-13-27)33-24-5-6-25-33;1-6-2-4-7(5-3-6)8(9)10/h7-21H,2-6,22-25H2,1H3;2-5H,1H3,(H,9,10)/q+1;/p-1. The van der Waals surface area contributed by atoms with Crippen molar-refractivity contribution >= 4 is 41.6 Å². The number of anilines is 2. The Morgan fingerprint density at radius 3 is 1.48 bits per heavy atom. The van der Waals surface area contributed by atoms with Crippen LogP contribution in [0.2, 0.25) is 0 Å². The van der Waals surface area contributed by atoms with Gasteiger partial charge < -0.3 is 19.7 Å². The molecule has 0 saturated carbocycles. The van der Waals surface area contributed by atoms with Gasteiger partial charge in [0.25, 0.3) is 0 Å². The highest BCUT2D eigenvalue weighted by molar-refractivity contribution is 5.85. The molecule has 0 spiro atoms. The molecule has 0 atom stereocenters. The predicted molar refractivity (Wildman–Crippen MR) is 181 cm³/mol. The molecule has 2 aliphatic rings. The van der Waals surface area contributed by atoms with Gasteiger partial charge in [0.2, 0.25) is 11.4 Å². The van der Waals surface area contributed by atoms with Gasteiger partial charge in [-0.2, -0.15) is 4.57 Å². The maximum absolute atomic E-state index is 10.2. The molecule has 3 aromatic carbocycles. The number of aromatic carboxylic acids is 1. The fourth-order valence-corrected chi connectivity index (χ4v) is 5.83. The molecule has 2 aliphatic heterocycles. The largest absolute Gasteiger partial charge is 0.545 e. The van der Waals surface area contributed by atoms with E-state index < -0.39 is 5.97 Å². The molecule has 2 saturated heterocycles. The molecule has 6 rings (SSSR count). The molecule has 4 aromatic rings. The number of carboxylic acid groups (broad SMARTS) is 1. The normalized spacial score (nSPS) is 14.8. The molecule has 0 N–H and O–H groups in total. The SMILES string of the molecule is CC[n+]1c(/C=C/c2ccc(N3CCCC3)cc2)cccc1/C=C/c1ccc(N2CCCC2)cc1.Cc1ccc(C(=O)[O-])cc1. The summed E-state index contributed by atoms with van der Waals surface area (Å²) >= 11 is 0. The number of aromatic nitrogens is 1. The Bertz CT molecular complexity index is 1470. The van der Waals surface area contributed by atoms with E-state index in [1.807, 2.05) is 6.92 Å². The van der Waals surface area contributed by atoms with Crippen molar-refractivity contribution in [2.45, 2.75) is 46.1 Å². The summed E-state index contributed by atoms with van der Waals surface area (Å²) in [6.45, 7) is 9.80. The lowest BCUT2D eigenvalue weighted by Crippen LogP contribution is -2.38. The molecule has 226 valence electrons. The minimum Gasteiger partial charge on any atom is -0.545 e. The Morgan fingerprint density at radius 2 is 1.09 bits per heavy atom. The fourth-order valence-electron chi connectivity index (χ4n) is 5.83. The first kappa shape index (κ1) is 30.8. The average molecular weight is 586 g/mol. The maximum Gasteiger partial charge on any atom is 0.205 e. The lowest BCUT2D eigenvalue weighted by atomic mass is 10.1. The second kappa shape index (κ2) is 15.2. The van der Waals surface area contributed by atoms with E-state index in [-0.39, 0.29) is 5.56 Å². The second-order valence-corrected chi connectivity index (χ2v) is 11.5. The van der Waals surface area contributed by atoms with Gasteiger partial charge in [-0.05, 0) is 98.7 Å². The summed E-state index contributed by atoms with van der Waals surface area (Å²) in [5.74, 6) is -1.12. The van der Waals surface area contributed by atoms with Gasteiger partial charge >= 0.3 is 0 Å².